The molecule has 0 spiro atoms. The summed E-state index contributed by atoms with van der Waals surface area (Å²) < 4.78 is 5.16. The van der Waals surface area contributed by atoms with Crippen molar-refractivity contribution in [3.05, 3.63) is 24.3 Å². The van der Waals surface area contributed by atoms with Crippen LogP contribution in [0.2, 0.25) is 0 Å². The van der Waals surface area contributed by atoms with Crippen LogP contribution in [0.1, 0.15) is 13.8 Å². The van der Waals surface area contributed by atoms with Crippen LogP contribution in [0.4, 0.5) is 10.5 Å². The average Bonchev–Trinajstić information content (AvgIpc) is 2.36. The summed E-state index contributed by atoms with van der Waals surface area (Å²) in [6.07, 6.45) is 0. The van der Waals surface area contributed by atoms with Gasteiger partial charge >= 0.3 is 6.03 Å². The molecule has 2 N–H and O–H groups in total. The summed E-state index contributed by atoms with van der Waals surface area (Å²) in [4.78, 5) is 13.6. The third-order valence-corrected chi connectivity index (χ3v) is 2.57. The highest BCUT2D eigenvalue weighted by atomic mass is 16.5. The predicted octanol–water partition coefficient (Wildman–Crippen LogP) is 1.93. The number of benzene rings is 1. The molecule has 0 saturated carbocycles. The average molecular weight is 252 g/mol. The molecule has 0 saturated heterocycles. The molecule has 0 aliphatic heterocycles. The molecule has 1 aromatic carbocycles. The van der Waals surface area contributed by atoms with Gasteiger partial charge in [0, 0.05) is 12.6 Å². The molecule has 0 radical (unpaired) electrons. The highest BCUT2D eigenvalue weighted by molar-refractivity contribution is 5.91. The van der Waals surface area contributed by atoms with Gasteiger partial charge in [0.15, 0.2) is 0 Å². The number of nitrogens with one attached hydrogen (secondary N) is 1. The number of hydrogen-bond donors (Lipinski definition) is 2. The lowest BCUT2D eigenvalue weighted by molar-refractivity contribution is 0.172. The van der Waals surface area contributed by atoms with Crippen molar-refractivity contribution in [2.45, 2.75) is 19.9 Å². The minimum absolute atomic E-state index is 0.0202. The fourth-order valence-corrected chi connectivity index (χ4v) is 1.64. The number of hydrogen-bond acceptors (Lipinski definition) is 3. The second-order valence-electron chi connectivity index (χ2n) is 4.14. The first-order valence-electron chi connectivity index (χ1n) is 5.91. The van der Waals surface area contributed by atoms with E-state index in [0.29, 0.717) is 18.0 Å². The fraction of sp³-hybridized carbons (Fsp3) is 0.462. The van der Waals surface area contributed by atoms with Crippen LogP contribution in [0.15, 0.2) is 24.3 Å². The minimum atomic E-state index is -0.247. The molecule has 1 rings (SSSR count). The predicted molar refractivity (Wildman–Crippen MR) is 70.9 cm³/mol. The smallest absolute Gasteiger partial charge is 0.322 e. The zero-order valence-corrected chi connectivity index (χ0v) is 11.0. The van der Waals surface area contributed by atoms with Gasteiger partial charge in [-0.1, -0.05) is 12.1 Å². The van der Waals surface area contributed by atoms with Crippen molar-refractivity contribution in [3.8, 4) is 5.75 Å². The molecule has 5 heteroatoms. The molecule has 0 bridgehead atoms. The lowest BCUT2D eigenvalue weighted by Crippen LogP contribution is -2.41. The third kappa shape index (κ3) is 3.63. The Labute approximate surface area is 107 Å². The molecule has 2 amide bonds. The van der Waals surface area contributed by atoms with E-state index in [1.165, 1.54) is 0 Å². The number of aliphatic hydroxyl groups excluding tert-OH is 1. The number of carbonyl (C=O) groups excluding carboxylic acids is 1. The first-order valence-corrected chi connectivity index (χ1v) is 5.91. The number of nitrogens with zero attached hydrogens (tertiary/aromatic N) is 1. The lowest BCUT2D eigenvalue weighted by atomic mass is 10.3. The molecule has 0 aliphatic rings. The summed E-state index contributed by atoms with van der Waals surface area (Å²) in [6.45, 7) is 4.05. The van der Waals surface area contributed by atoms with Crippen molar-refractivity contribution < 1.29 is 14.6 Å². The van der Waals surface area contributed by atoms with E-state index in [2.05, 4.69) is 5.32 Å². The SMILES string of the molecule is COc1ccccc1NC(=O)N(CCO)C(C)C. The first-order chi connectivity index (χ1) is 8.60. The molecule has 0 fully saturated rings. The van der Waals surface area contributed by atoms with E-state index in [-0.39, 0.29) is 18.7 Å². The molecule has 0 aromatic heterocycles. The summed E-state index contributed by atoms with van der Waals surface area (Å²) in [5.74, 6) is 0.610. The van der Waals surface area contributed by atoms with E-state index in [0.717, 1.165) is 0 Å². The molecule has 0 unspecified atom stereocenters. The highest BCUT2D eigenvalue weighted by Crippen LogP contribution is 2.23. The Morgan fingerprint density at radius 3 is 2.67 bits per heavy atom. The Balaban J connectivity index is 2.79. The van der Waals surface area contributed by atoms with Crippen LogP contribution >= 0.6 is 0 Å². The molecule has 0 heterocycles. The number of carbonyl (C=O) groups is 1. The van der Waals surface area contributed by atoms with Crippen LogP contribution in [0.3, 0.4) is 0 Å². The van der Waals surface area contributed by atoms with Gasteiger partial charge in [-0.15, -0.1) is 0 Å². The number of rotatable bonds is 5. The number of amides is 2. The maximum atomic E-state index is 12.1. The monoisotopic (exact) mass is 252 g/mol. The zero-order valence-electron chi connectivity index (χ0n) is 11.0. The van der Waals surface area contributed by atoms with Crippen LogP contribution in [0.25, 0.3) is 0 Å². The van der Waals surface area contributed by atoms with Crippen LogP contribution in [0, 0.1) is 0 Å². The van der Waals surface area contributed by atoms with Crippen molar-refractivity contribution in [1.82, 2.24) is 4.90 Å². The summed E-state index contributed by atoms with van der Waals surface area (Å²) in [6, 6.07) is 6.98. The summed E-state index contributed by atoms with van der Waals surface area (Å²) in [5, 5.41) is 11.7. The molecule has 0 atom stereocenters. The number of ether oxygens (including phenoxy) is 1. The third-order valence-electron chi connectivity index (χ3n) is 2.57. The van der Waals surface area contributed by atoms with E-state index in [4.69, 9.17) is 9.84 Å². The topological polar surface area (TPSA) is 61.8 Å². The Morgan fingerprint density at radius 2 is 2.11 bits per heavy atom. The minimum Gasteiger partial charge on any atom is -0.495 e. The Bertz CT molecular complexity index is 394. The standard InChI is InChI=1S/C13H20N2O3/c1-10(2)15(8-9-16)13(17)14-11-6-4-5-7-12(11)18-3/h4-7,10,16H,8-9H2,1-3H3,(H,14,17). The van der Waals surface area contributed by atoms with Crippen molar-refractivity contribution in [3.63, 3.8) is 0 Å². The van der Waals surface area contributed by atoms with E-state index < -0.39 is 0 Å². The molecule has 5 nitrogen and oxygen atoms in total. The number of urea groups is 1. The lowest BCUT2D eigenvalue weighted by Gasteiger charge is -2.26. The summed E-state index contributed by atoms with van der Waals surface area (Å²) in [7, 11) is 1.55. The molecule has 18 heavy (non-hydrogen) atoms. The van der Waals surface area contributed by atoms with Crippen LogP contribution < -0.4 is 10.1 Å². The zero-order chi connectivity index (χ0) is 13.5. The maximum absolute atomic E-state index is 12.1. The van der Waals surface area contributed by atoms with E-state index in [1.54, 1.807) is 24.1 Å². The van der Waals surface area contributed by atoms with Gasteiger partial charge < -0.3 is 20.1 Å². The van der Waals surface area contributed by atoms with Crippen LogP contribution in [-0.4, -0.2) is 42.3 Å². The number of para-hydroxylation sites is 2. The largest absolute Gasteiger partial charge is 0.495 e. The Kier molecular flexibility index (Phi) is 5.45. The van der Waals surface area contributed by atoms with Gasteiger partial charge in [0.1, 0.15) is 5.75 Å². The second-order valence-corrected chi connectivity index (χ2v) is 4.14. The number of methoxy groups -OCH3 is 1. The van der Waals surface area contributed by atoms with Crippen LogP contribution in [0.5, 0.6) is 5.75 Å². The van der Waals surface area contributed by atoms with Crippen molar-refractivity contribution >= 4 is 11.7 Å². The van der Waals surface area contributed by atoms with E-state index >= 15 is 0 Å². The van der Waals surface area contributed by atoms with Gasteiger partial charge in [0.05, 0.1) is 19.4 Å². The van der Waals surface area contributed by atoms with Gasteiger partial charge in [-0.2, -0.15) is 0 Å². The van der Waals surface area contributed by atoms with Crippen molar-refractivity contribution in [2.75, 3.05) is 25.6 Å². The van der Waals surface area contributed by atoms with Crippen molar-refractivity contribution in [1.29, 1.82) is 0 Å². The fourth-order valence-electron chi connectivity index (χ4n) is 1.64. The Hall–Kier alpha value is -1.75. The molecule has 0 aliphatic carbocycles. The Morgan fingerprint density at radius 1 is 1.44 bits per heavy atom. The normalized spacial score (nSPS) is 10.3. The van der Waals surface area contributed by atoms with Crippen LogP contribution in [-0.2, 0) is 0 Å². The van der Waals surface area contributed by atoms with Gasteiger partial charge in [-0.3, -0.25) is 0 Å². The van der Waals surface area contributed by atoms with E-state index in [1.807, 2.05) is 26.0 Å². The summed E-state index contributed by atoms with van der Waals surface area (Å²) >= 11 is 0. The highest BCUT2D eigenvalue weighted by Gasteiger charge is 2.17. The number of anilines is 1. The maximum Gasteiger partial charge on any atom is 0.322 e. The number of aliphatic hydroxyl groups is 1. The second kappa shape index (κ2) is 6.86. The molecular weight excluding hydrogens is 232 g/mol. The molecule has 1 aromatic rings. The summed E-state index contributed by atoms with van der Waals surface area (Å²) in [5.41, 5.74) is 0.619. The quantitative estimate of drug-likeness (QED) is 0.841. The van der Waals surface area contributed by atoms with Gasteiger partial charge in [-0.05, 0) is 26.0 Å². The van der Waals surface area contributed by atoms with Gasteiger partial charge in [0.25, 0.3) is 0 Å². The van der Waals surface area contributed by atoms with Gasteiger partial charge in [0.2, 0.25) is 0 Å². The van der Waals surface area contributed by atoms with Crippen molar-refractivity contribution in [2.24, 2.45) is 0 Å². The van der Waals surface area contributed by atoms with E-state index in [9.17, 15) is 4.79 Å². The van der Waals surface area contributed by atoms with Gasteiger partial charge in [-0.25, -0.2) is 4.79 Å². The molecule has 100 valence electrons. The molecular formula is C13H20N2O3. The first kappa shape index (κ1) is 14.3.